The number of hydrogen-bond acceptors (Lipinski definition) is 1. The first kappa shape index (κ1) is 7.87. The average molecular weight is 129 g/mol. The van der Waals surface area contributed by atoms with Crippen LogP contribution in [-0.4, -0.2) is 17.8 Å². The van der Waals surface area contributed by atoms with E-state index in [1.807, 2.05) is 16.8 Å². The maximum Gasteiger partial charge on any atom is 0.0198 e. The zero-order chi connectivity index (χ0) is 6.41. The maximum absolute atomic E-state index is 3.59. The minimum absolute atomic E-state index is 0.899. The molecule has 1 atom stereocenters. The Labute approximate surface area is 53.3 Å². The molecule has 0 fully saturated rings. The largest absolute Gasteiger partial charge is 0.280 e. The van der Waals surface area contributed by atoms with Crippen LogP contribution < -0.4 is 0 Å². The Balaban J connectivity index is 3.16. The summed E-state index contributed by atoms with van der Waals surface area (Å²) in [6, 6.07) is 0. The van der Waals surface area contributed by atoms with Crippen LogP contribution >= 0.6 is 9.39 Å². The van der Waals surface area contributed by atoms with Crippen molar-refractivity contribution in [1.82, 2.24) is 4.67 Å². The van der Waals surface area contributed by atoms with Gasteiger partial charge in [0.25, 0.3) is 0 Å². The van der Waals surface area contributed by atoms with Crippen LogP contribution in [0.5, 0.6) is 0 Å². The minimum atomic E-state index is 0.899. The summed E-state index contributed by atoms with van der Waals surface area (Å²) in [5.74, 6) is 0. The van der Waals surface area contributed by atoms with Gasteiger partial charge >= 0.3 is 0 Å². The smallest absolute Gasteiger partial charge is 0.0198 e. The Morgan fingerprint density at radius 1 is 1.25 bits per heavy atom. The van der Waals surface area contributed by atoms with Gasteiger partial charge in [0.2, 0.25) is 0 Å². The van der Waals surface area contributed by atoms with E-state index in [4.69, 9.17) is 0 Å². The highest BCUT2D eigenvalue weighted by molar-refractivity contribution is 7.13. The zero-order valence-electron chi connectivity index (χ0n) is 5.01. The second kappa shape index (κ2) is 5.02. The molecule has 0 aliphatic rings. The van der Waals surface area contributed by atoms with E-state index >= 15 is 0 Å². The molecule has 0 spiro atoms. The molecule has 2 heteroatoms. The lowest BCUT2D eigenvalue weighted by Gasteiger charge is -2.08. The van der Waals surface area contributed by atoms with E-state index in [-0.39, 0.29) is 0 Å². The molecule has 0 heterocycles. The highest BCUT2D eigenvalue weighted by Gasteiger charge is 1.86. The Morgan fingerprint density at radius 2 is 1.62 bits per heavy atom. The van der Waals surface area contributed by atoms with Gasteiger partial charge in [-0.25, -0.2) is 0 Å². The molecule has 0 aliphatic heterocycles. The number of rotatable bonds is 4. The van der Waals surface area contributed by atoms with Gasteiger partial charge in [-0.05, 0) is 0 Å². The summed E-state index contributed by atoms with van der Waals surface area (Å²) < 4.78 is 2.04. The van der Waals surface area contributed by atoms with Gasteiger partial charge in [-0.3, -0.25) is 4.67 Å². The fourth-order valence-electron chi connectivity index (χ4n) is 0.406. The van der Waals surface area contributed by atoms with Crippen LogP contribution in [-0.2, 0) is 0 Å². The van der Waals surface area contributed by atoms with E-state index in [1.165, 1.54) is 0 Å². The third kappa shape index (κ3) is 4.04. The van der Waals surface area contributed by atoms with E-state index in [2.05, 4.69) is 22.5 Å². The summed E-state index contributed by atoms with van der Waals surface area (Å²) in [6.07, 6.45) is 3.72. The summed E-state index contributed by atoms with van der Waals surface area (Å²) in [7, 11) is 2.59. The van der Waals surface area contributed by atoms with Gasteiger partial charge in [-0.15, -0.1) is 13.2 Å². The van der Waals surface area contributed by atoms with Crippen LogP contribution in [0.3, 0.4) is 0 Å². The number of hydrogen-bond donors (Lipinski definition) is 0. The molecule has 0 amide bonds. The predicted octanol–water partition coefficient (Wildman–Crippen LogP) is 1.45. The molecule has 1 unspecified atom stereocenters. The minimum Gasteiger partial charge on any atom is -0.280 e. The molecule has 0 aliphatic carbocycles. The molecule has 0 saturated carbocycles. The van der Waals surface area contributed by atoms with Crippen molar-refractivity contribution in [2.75, 3.05) is 13.1 Å². The Morgan fingerprint density at radius 3 is 1.88 bits per heavy atom. The molecular weight excluding hydrogens is 117 g/mol. The van der Waals surface area contributed by atoms with Crippen molar-refractivity contribution in [2.24, 2.45) is 0 Å². The van der Waals surface area contributed by atoms with Gasteiger partial charge in [0.05, 0.1) is 0 Å². The van der Waals surface area contributed by atoms with Crippen LogP contribution in [0.4, 0.5) is 0 Å². The van der Waals surface area contributed by atoms with Gasteiger partial charge in [-0.1, -0.05) is 21.5 Å². The molecular formula is C6H12NP. The van der Waals surface area contributed by atoms with Crippen molar-refractivity contribution in [2.45, 2.75) is 0 Å². The average Bonchev–Trinajstić information content (AvgIpc) is 1.68. The maximum atomic E-state index is 3.59. The Kier molecular flexibility index (Phi) is 4.93. The molecule has 0 N–H and O–H groups in total. The lowest BCUT2D eigenvalue weighted by atomic mass is 10.5. The van der Waals surface area contributed by atoms with Crippen molar-refractivity contribution in [1.29, 1.82) is 0 Å². The SMILES string of the molecule is C=CCN(P)CC=C. The fraction of sp³-hybridized carbons (Fsp3) is 0.333. The van der Waals surface area contributed by atoms with Gasteiger partial charge in [0, 0.05) is 13.1 Å². The Hall–Kier alpha value is -0.130. The van der Waals surface area contributed by atoms with Crippen molar-refractivity contribution in [3.63, 3.8) is 0 Å². The van der Waals surface area contributed by atoms with Crippen LogP contribution in [0.15, 0.2) is 25.3 Å². The van der Waals surface area contributed by atoms with Crippen LogP contribution in [0.2, 0.25) is 0 Å². The monoisotopic (exact) mass is 129 g/mol. The molecule has 0 saturated heterocycles. The van der Waals surface area contributed by atoms with Gasteiger partial charge in [0.1, 0.15) is 0 Å². The Bertz CT molecular complexity index is 70.6. The van der Waals surface area contributed by atoms with Gasteiger partial charge in [-0.2, -0.15) is 0 Å². The molecule has 0 aromatic carbocycles. The van der Waals surface area contributed by atoms with Crippen molar-refractivity contribution in [3.05, 3.63) is 25.3 Å². The standard InChI is InChI=1S/C6H12NP/c1-3-5-7(8)6-4-2/h3-4H,1-2,5-6,8H2. The summed E-state index contributed by atoms with van der Waals surface area (Å²) in [4.78, 5) is 0. The van der Waals surface area contributed by atoms with Crippen LogP contribution in [0, 0.1) is 0 Å². The van der Waals surface area contributed by atoms with Crippen molar-refractivity contribution in [3.8, 4) is 0 Å². The van der Waals surface area contributed by atoms with Crippen LogP contribution in [0.1, 0.15) is 0 Å². The van der Waals surface area contributed by atoms with Gasteiger partial charge in [0.15, 0.2) is 0 Å². The molecule has 0 radical (unpaired) electrons. The molecule has 0 bridgehead atoms. The molecule has 46 valence electrons. The van der Waals surface area contributed by atoms with Crippen LogP contribution in [0.25, 0.3) is 0 Å². The van der Waals surface area contributed by atoms with Gasteiger partial charge < -0.3 is 0 Å². The topological polar surface area (TPSA) is 3.24 Å². The van der Waals surface area contributed by atoms with Crippen molar-refractivity contribution >= 4 is 9.39 Å². The van der Waals surface area contributed by atoms with E-state index < -0.39 is 0 Å². The summed E-state index contributed by atoms with van der Waals surface area (Å²) in [5, 5.41) is 0. The van der Waals surface area contributed by atoms with E-state index in [0.29, 0.717) is 0 Å². The molecule has 0 aromatic rings. The fourth-order valence-corrected chi connectivity index (χ4v) is 0.704. The van der Waals surface area contributed by atoms with E-state index in [9.17, 15) is 0 Å². The lowest BCUT2D eigenvalue weighted by Crippen LogP contribution is -2.09. The highest BCUT2D eigenvalue weighted by atomic mass is 31.0. The summed E-state index contributed by atoms with van der Waals surface area (Å²) in [6.45, 7) is 8.99. The third-order valence-electron chi connectivity index (χ3n) is 0.727. The normalized spacial score (nSPS) is 9.25. The first-order valence-corrected chi connectivity index (χ1v) is 3.04. The molecule has 0 aromatic heterocycles. The summed E-state index contributed by atoms with van der Waals surface area (Å²) in [5.41, 5.74) is 0. The lowest BCUT2D eigenvalue weighted by molar-refractivity contribution is 0.579. The quantitative estimate of drug-likeness (QED) is 0.410. The van der Waals surface area contributed by atoms with E-state index in [1.54, 1.807) is 0 Å². The second-order valence-corrected chi connectivity index (χ2v) is 2.26. The molecule has 8 heavy (non-hydrogen) atoms. The molecule has 0 rings (SSSR count). The van der Waals surface area contributed by atoms with E-state index in [0.717, 1.165) is 13.1 Å². The van der Waals surface area contributed by atoms with Crippen molar-refractivity contribution < 1.29 is 0 Å². The first-order chi connectivity index (χ1) is 3.81. The number of nitrogens with zero attached hydrogens (tertiary/aromatic N) is 1. The zero-order valence-corrected chi connectivity index (χ0v) is 6.16. The molecule has 1 nitrogen and oxygen atoms in total. The predicted molar refractivity (Wildman–Crippen MR) is 41.7 cm³/mol. The highest BCUT2D eigenvalue weighted by Crippen LogP contribution is 1.95. The summed E-state index contributed by atoms with van der Waals surface area (Å²) >= 11 is 0. The first-order valence-electron chi connectivity index (χ1n) is 2.52. The third-order valence-corrected chi connectivity index (χ3v) is 1.15. The second-order valence-electron chi connectivity index (χ2n) is 1.53.